The van der Waals surface area contributed by atoms with E-state index in [0.717, 1.165) is 57.5 Å². The van der Waals surface area contributed by atoms with Gasteiger partial charge in [-0.2, -0.15) is 0 Å². The smallest absolute Gasteiger partial charge is 0.110 e. The minimum atomic E-state index is 0.777. The summed E-state index contributed by atoms with van der Waals surface area (Å²) in [6.45, 7) is 4.75. The Labute approximate surface area is 188 Å². The predicted molar refractivity (Wildman–Crippen MR) is 131 cm³/mol. The van der Waals surface area contributed by atoms with Crippen LogP contribution in [-0.4, -0.2) is 9.97 Å². The first-order valence-electron chi connectivity index (χ1n) is 10.9. The second-order valence-electron chi connectivity index (χ2n) is 7.87. The summed E-state index contributed by atoms with van der Waals surface area (Å²) in [5.41, 5.74) is 13.7. The van der Waals surface area contributed by atoms with Crippen molar-refractivity contribution in [1.29, 1.82) is 0 Å². The molecule has 0 saturated carbocycles. The number of pyridine rings is 2. The molecule has 0 amide bonds. The van der Waals surface area contributed by atoms with E-state index in [1.807, 2.05) is 18.3 Å². The van der Waals surface area contributed by atoms with Gasteiger partial charge in [0, 0.05) is 33.8 Å². The first-order chi connectivity index (χ1) is 15.8. The summed E-state index contributed by atoms with van der Waals surface area (Å²) < 4.78 is 0. The summed E-state index contributed by atoms with van der Waals surface area (Å²) in [5, 5.41) is 1.05. The van der Waals surface area contributed by atoms with Gasteiger partial charge in [0.15, 0.2) is 0 Å². The van der Waals surface area contributed by atoms with Crippen LogP contribution in [0.4, 0.5) is 0 Å². The number of aromatic nitrogens is 2. The number of fused-ring (bicyclic) bond motifs is 1. The number of hydrogen-bond acceptors (Lipinski definition) is 2. The fraction of sp³-hybridized carbons (Fsp3) is 0.0690. The van der Waals surface area contributed by atoms with Gasteiger partial charge in [-0.1, -0.05) is 78.9 Å². The Bertz CT molecular complexity index is 1360. The molecule has 2 heterocycles. The lowest BCUT2D eigenvalue weighted by molar-refractivity contribution is -0.386. The molecule has 0 fully saturated rings. The van der Waals surface area contributed by atoms with Crippen molar-refractivity contribution in [1.82, 2.24) is 9.97 Å². The number of rotatable bonds is 5. The normalized spacial score (nSPS) is 11.0. The number of benzene rings is 3. The Morgan fingerprint density at radius 3 is 2.00 bits per heavy atom. The molecule has 154 valence electrons. The van der Waals surface area contributed by atoms with Gasteiger partial charge in [-0.05, 0) is 23.3 Å². The highest BCUT2D eigenvalue weighted by atomic mass is 14.7. The van der Waals surface area contributed by atoms with E-state index in [9.17, 15) is 0 Å². The van der Waals surface area contributed by atoms with Crippen LogP contribution in [0.1, 0.15) is 11.1 Å². The number of nitrogens with zero attached hydrogens (tertiary/aromatic N) is 2. The van der Waals surface area contributed by atoms with Crippen molar-refractivity contribution in [3.8, 4) is 33.6 Å². The predicted octanol–water partition coefficient (Wildman–Crippen LogP) is 5.75. The standard InChI is InChI=1S/C29H24N3/c1-2-20-8-12-23(13-9-20)28-26-18-25(22-6-4-3-5-7-22)29(32-27(26)16-17-31-28)24-14-10-21(19-30)11-15-24/h3-18H,1-2,19,30H2/q+1/p+1. The topological polar surface area (TPSA) is 53.4 Å². The van der Waals surface area contributed by atoms with Gasteiger partial charge in [0.2, 0.25) is 0 Å². The van der Waals surface area contributed by atoms with E-state index < -0.39 is 0 Å². The van der Waals surface area contributed by atoms with E-state index in [-0.39, 0.29) is 0 Å². The molecule has 0 spiro atoms. The van der Waals surface area contributed by atoms with Gasteiger partial charge in [0.05, 0.1) is 30.4 Å². The maximum atomic E-state index is 5.13. The molecule has 2 aromatic heterocycles. The van der Waals surface area contributed by atoms with Crippen LogP contribution in [0, 0.1) is 6.92 Å². The molecule has 0 aliphatic heterocycles. The Balaban J connectivity index is 1.75. The zero-order valence-electron chi connectivity index (χ0n) is 18.0. The fourth-order valence-corrected chi connectivity index (χ4v) is 4.04. The summed E-state index contributed by atoms with van der Waals surface area (Å²) in [5.74, 6) is 0. The molecule has 3 heteroatoms. The molecule has 3 N–H and O–H groups in total. The largest absolute Gasteiger partial charge is 0.354 e. The van der Waals surface area contributed by atoms with Crippen LogP contribution in [0.2, 0.25) is 0 Å². The van der Waals surface area contributed by atoms with Crippen LogP contribution in [0.25, 0.3) is 44.5 Å². The lowest BCUT2D eigenvalue weighted by Gasteiger charge is -2.14. The lowest BCUT2D eigenvalue weighted by atomic mass is 9.95. The van der Waals surface area contributed by atoms with Gasteiger partial charge in [0.1, 0.15) is 6.42 Å². The fourth-order valence-electron chi connectivity index (χ4n) is 4.04. The third-order valence-corrected chi connectivity index (χ3v) is 5.86. The Kier molecular flexibility index (Phi) is 5.40. The average Bonchev–Trinajstić information content (AvgIpc) is 2.88. The van der Waals surface area contributed by atoms with E-state index in [1.165, 1.54) is 11.1 Å². The van der Waals surface area contributed by atoms with Gasteiger partial charge in [-0.3, -0.25) is 4.98 Å². The van der Waals surface area contributed by atoms with Crippen molar-refractivity contribution in [2.75, 3.05) is 0 Å². The minimum Gasteiger partial charge on any atom is -0.354 e. The molecular formula is C29H25N3+2. The van der Waals surface area contributed by atoms with E-state index >= 15 is 0 Å². The molecule has 3 nitrogen and oxygen atoms in total. The Morgan fingerprint density at radius 2 is 1.34 bits per heavy atom. The zero-order chi connectivity index (χ0) is 21.9. The monoisotopic (exact) mass is 415 g/mol. The quantitative estimate of drug-likeness (QED) is 0.372. The van der Waals surface area contributed by atoms with Gasteiger partial charge in [0.25, 0.3) is 0 Å². The van der Waals surface area contributed by atoms with E-state index in [4.69, 9.17) is 9.97 Å². The summed E-state index contributed by atoms with van der Waals surface area (Å²) in [6, 6.07) is 31.7. The van der Waals surface area contributed by atoms with Gasteiger partial charge in [-0.25, -0.2) is 4.98 Å². The van der Waals surface area contributed by atoms with Crippen LogP contribution in [0.3, 0.4) is 0 Å². The second kappa shape index (κ2) is 8.66. The first-order valence-corrected chi connectivity index (χ1v) is 10.9. The summed E-state index contributed by atoms with van der Waals surface area (Å²) >= 11 is 0. The molecule has 0 unspecified atom stereocenters. The molecule has 5 rings (SSSR count). The maximum absolute atomic E-state index is 5.13. The molecule has 5 aromatic rings. The van der Waals surface area contributed by atoms with Gasteiger partial charge >= 0.3 is 0 Å². The van der Waals surface area contributed by atoms with Crippen molar-refractivity contribution >= 4 is 10.9 Å². The number of hydrogen-bond donors (Lipinski definition) is 1. The van der Waals surface area contributed by atoms with Crippen LogP contribution >= 0.6 is 0 Å². The highest BCUT2D eigenvalue weighted by molar-refractivity contribution is 5.98. The van der Waals surface area contributed by atoms with Crippen LogP contribution in [0.5, 0.6) is 0 Å². The van der Waals surface area contributed by atoms with Gasteiger partial charge < -0.3 is 5.73 Å². The second-order valence-corrected chi connectivity index (χ2v) is 7.87. The lowest BCUT2D eigenvalue weighted by Crippen LogP contribution is -2.47. The molecular weight excluding hydrogens is 390 g/mol. The average molecular weight is 416 g/mol. The Hall–Kier alpha value is -3.95. The van der Waals surface area contributed by atoms with Crippen molar-refractivity contribution in [3.63, 3.8) is 0 Å². The van der Waals surface area contributed by atoms with Crippen LogP contribution in [-0.2, 0) is 13.0 Å². The number of quaternary nitrogens is 1. The molecule has 32 heavy (non-hydrogen) atoms. The maximum Gasteiger partial charge on any atom is 0.110 e. The summed E-state index contributed by atoms with van der Waals surface area (Å²) in [4.78, 5) is 9.86. The SMILES string of the molecule is [CH2+]Cc1ccc(-c2nccc3nc(-c4ccc(C[NH3+])cc4)c(-c4ccccc4)cc23)cc1. The van der Waals surface area contributed by atoms with Crippen LogP contribution < -0.4 is 5.73 Å². The van der Waals surface area contributed by atoms with E-state index in [2.05, 4.69) is 91.5 Å². The molecule has 3 aromatic carbocycles. The first kappa shape index (κ1) is 20.0. The van der Waals surface area contributed by atoms with Gasteiger partial charge in [-0.15, -0.1) is 0 Å². The van der Waals surface area contributed by atoms with E-state index in [1.54, 1.807) is 0 Å². The van der Waals surface area contributed by atoms with Crippen LogP contribution in [0.15, 0.2) is 97.2 Å². The van der Waals surface area contributed by atoms with E-state index in [0.29, 0.717) is 0 Å². The molecule has 0 aliphatic carbocycles. The third-order valence-electron chi connectivity index (χ3n) is 5.86. The van der Waals surface area contributed by atoms with Crippen molar-refractivity contribution in [2.24, 2.45) is 0 Å². The third kappa shape index (κ3) is 3.75. The highest BCUT2D eigenvalue weighted by Gasteiger charge is 2.15. The molecule has 0 bridgehead atoms. The minimum absolute atomic E-state index is 0.777. The molecule has 0 aliphatic rings. The highest BCUT2D eigenvalue weighted by Crippen LogP contribution is 2.36. The van der Waals surface area contributed by atoms with Crippen molar-refractivity contribution in [3.05, 3.63) is 115 Å². The van der Waals surface area contributed by atoms with Crippen molar-refractivity contribution in [2.45, 2.75) is 13.0 Å². The summed E-state index contributed by atoms with van der Waals surface area (Å²) in [6.07, 6.45) is 2.62. The molecule has 0 atom stereocenters. The molecule has 0 saturated heterocycles. The zero-order valence-corrected chi connectivity index (χ0v) is 18.0. The summed E-state index contributed by atoms with van der Waals surface area (Å²) in [7, 11) is 0. The molecule has 0 radical (unpaired) electrons. The Morgan fingerprint density at radius 1 is 0.688 bits per heavy atom. The van der Waals surface area contributed by atoms with Crippen molar-refractivity contribution < 1.29 is 5.73 Å².